The van der Waals surface area contributed by atoms with E-state index in [1.807, 2.05) is 36.4 Å². The molecule has 0 aliphatic carbocycles. The number of fused-ring (bicyclic) bond motifs is 3. The number of carboxylic acids is 1. The third kappa shape index (κ3) is 1.82. The van der Waals surface area contributed by atoms with Crippen LogP contribution in [-0.2, 0) is 11.2 Å². The summed E-state index contributed by atoms with van der Waals surface area (Å²) in [6.07, 6.45) is 0.350. The smallest absolute Gasteiger partial charge is 0.303 e. The van der Waals surface area contributed by atoms with Crippen molar-refractivity contribution in [3.8, 4) is 0 Å². The highest BCUT2D eigenvalue weighted by Gasteiger charge is 2.10. The largest absolute Gasteiger partial charge is 0.481 e. The van der Waals surface area contributed by atoms with Gasteiger partial charge in [-0.15, -0.1) is 0 Å². The minimum absolute atomic E-state index is 0.0325. The van der Waals surface area contributed by atoms with E-state index < -0.39 is 5.97 Å². The van der Waals surface area contributed by atoms with E-state index in [1.165, 1.54) is 0 Å². The Morgan fingerprint density at radius 2 is 2.06 bits per heavy atom. The van der Waals surface area contributed by atoms with E-state index in [1.54, 1.807) is 0 Å². The molecule has 1 aromatic heterocycles. The summed E-state index contributed by atoms with van der Waals surface area (Å²) in [7, 11) is 0. The number of aryl methyl sites for hydroxylation is 1. The lowest BCUT2D eigenvalue weighted by atomic mass is 10.1. The first-order valence-corrected chi connectivity index (χ1v) is 5.73. The van der Waals surface area contributed by atoms with Crippen molar-refractivity contribution >= 4 is 27.8 Å². The van der Waals surface area contributed by atoms with Gasteiger partial charge in [0.1, 0.15) is 5.52 Å². The molecule has 0 aliphatic heterocycles. The maximum Gasteiger partial charge on any atom is 0.303 e. The van der Waals surface area contributed by atoms with Gasteiger partial charge >= 0.3 is 5.97 Å². The van der Waals surface area contributed by atoms with E-state index >= 15 is 0 Å². The Balaban J connectivity index is 2.11. The summed E-state index contributed by atoms with van der Waals surface area (Å²) < 4.78 is 5.55. The van der Waals surface area contributed by atoms with Crippen LogP contribution in [0.5, 0.6) is 0 Å². The number of aromatic nitrogens is 1. The number of aliphatic carboxylic acids is 1. The highest BCUT2D eigenvalue weighted by atomic mass is 16.4. The molecule has 0 spiro atoms. The second kappa shape index (κ2) is 4.14. The highest BCUT2D eigenvalue weighted by Crippen LogP contribution is 2.25. The molecule has 1 heterocycles. The number of carboxylic acid groups (broad SMARTS) is 1. The fourth-order valence-electron chi connectivity index (χ4n) is 2.03. The quantitative estimate of drug-likeness (QED) is 0.765. The van der Waals surface area contributed by atoms with Crippen LogP contribution in [0.3, 0.4) is 0 Å². The fraction of sp³-hybridized carbons (Fsp3) is 0.143. The van der Waals surface area contributed by atoms with Gasteiger partial charge < -0.3 is 9.52 Å². The molecule has 2 aromatic carbocycles. The zero-order valence-corrected chi connectivity index (χ0v) is 9.59. The molecule has 0 unspecified atom stereocenters. The first kappa shape index (κ1) is 10.8. The number of hydrogen-bond donors (Lipinski definition) is 1. The van der Waals surface area contributed by atoms with Crippen molar-refractivity contribution in [2.24, 2.45) is 0 Å². The lowest BCUT2D eigenvalue weighted by Crippen LogP contribution is -1.97. The molecule has 4 nitrogen and oxygen atoms in total. The van der Waals surface area contributed by atoms with Crippen molar-refractivity contribution in [1.82, 2.24) is 4.98 Å². The van der Waals surface area contributed by atoms with Crippen LogP contribution in [0.15, 0.2) is 40.8 Å². The second-order valence-corrected chi connectivity index (χ2v) is 4.13. The van der Waals surface area contributed by atoms with Crippen LogP contribution in [0.25, 0.3) is 21.9 Å². The number of oxazole rings is 1. The first-order valence-electron chi connectivity index (χ1n) is 5.73. The fourth-order valence-corrected chi connectivity index (χ4v) is 2.03. The molecule has 0 aliphatic rings. The molecule has 0 fully saturated rings. The molecule has 3 rings (SSSR count). The Morgan fingerprint density at radius 3 is 2.89 bits per heavy atom. The van der Waals surface area contributed by atoms with Crippen LogP contribution in [0.1, 0.15) is 12.3 Å². The summed E-state index contributed by atoms with van der Waals surface area (Å²) >= 11 is 0. The predicted octanol–water partition coefficient (Wildman–Crippen LogP) is 3.00. The van der Waals surface area contributed by atoms with Crippen molar-refractivity contribution in [1.29, 1.82) is 0 Å². The monoisotopic (exact) mass is 241 g/mol. The van der Waals surface area contributed by atoms with Gasteiger partial charge in [-0.1, -0.05) is 30.3 Å². The van der Waals surface area contributed by atoms with Crippen LogP contribution >= 0.6 is 0 Å². The zero-order chi connectivity index (χ0) is 12.5. The second-order valence-electron chi connectivity index (χ2n) is 4.13. The molecule has 90 valence electrons. The SMILES string of the molecule is O=C(O)CCc1nc2c(ccc3ccccc32)o1. The average Bonchev–Trinajstić information content (AvgIpc) is 2.79. The van der Waals surface area contributed by atoms with E-state index in [0.717, 1.165) is 16.3 Å². The lowest BCUT2D eigenvalue weighted by molar-refractivity contribution is -0.137. The molecule has 0 radical (unpaired) electrons. The third-order valence-corrected chi connectivity index (χ3v) is 2.88. The molecule has 0 amide bonds. The van der Waals surface area contributed by atoms with E-state index in [4.69, 9.17) is 9.52 Å². The molecule has 18 heavy (non-hydrogen) atoms. The Labute approximate surface area is 103 Å². The van der Waals surface area contributed by atoms with Crippen LogP contribution < -0.4 is 0 Å². The summed E-state index contributed by atoms with van der Waals surface area (Å²) in [6.45, 7) is 0. The standard InChI is InChI=1S/C14H11NO3/c16-13(17)8-7-12-15-14-10-4-2-1-3-9(10)5-6-11(14)18-12/h1-6H,7-8H2,(H,16,17). The van der Waals surface area contributed by atoms with Crippen molar-refractivity contribution in [2.75, 3.05) is 0 Å². The van der Waals surface area contributed by atoms with E-state index in [9.17, 15) is 4.79 Å². The van der Waals surface area contributed by atoms with E-state index in [2.05, 4.69) is 4.98 Å². The van der Waals surface area contributed by atoms with Crippen LogP contribution in [0.2, 0.25) is 0 Å². The topological polar surface area (TPSA) is 63.3 Å². The molecular weight excluding hydrogens is 230 g/mol. The maximum atomic E-state index is 10.5. The minimum Gasteiger partial charge on any atom is -0.481 e. The van der Waals surface area contributed by atoms with Gasteiger partial charge in [-0.2, -0.15) is 0 Å². The maximum absolute atomic E-state index is 10.5. The first-order chi connectivity index (χ1) is 8.74. The van der Waals surface area contributed by atoms with Gasteiger partial charge in [-0.25, -0.2) is 4.98 Å². The Kier molecular flexibility index (Phi) is 2.48. The number of benzene rings is 2. The van der Waals surface area contributed by atoms with Crippen LogP contribution in [0.4, 0.5) is 0 Å². The van der Waals surface area contributed by atoms with Gasteiger partial charge in [-0.05, 0) is 11.5 Å². The van der Waals surface area contributed by atoms with Gasteiger partial charge in [0, 0.05) is 11.8 Å². The Morgan fingerprint density at radius 1 is 1.22 bits per heavy atom. The minimum atomic E-state index is -0.845. The van der Waals surface area contributed by atoms with Crippen molar-refractivity contribution in [2.45, 2.75) is 12.8 Å². The Hall–Kier alpha value is -2.36. The van der Waals surface area contributed by atoms with Gasteiger partial charge in [0.25, 0.3) is 0 Å². The molecule has 0 atom stereocenters. The van der Waals surface area contributed by atoms with Crippen molar-refractivity contribution in [3.63, 3.8) is 0 Å². The van der Waals surface area contributed by atoms with Gasteiger partial charge in [0.05, 0.1) is 6.42 Å². The van der Waals surface area contributed by atoms with Crippen molar-refractivity contribution in [3.05, 3.63) is 42.3 Å². The summed E-state index contributed by atoms with van der Waals surface area (Å²) in [6, 6.07) is 11.8. The summed E-state index contributed by atoms with van der Waals surface area (Å²) in [5, 5.41) is 10.8. The van der Waals surface area contributed by atoms with Crippen molar-refractivity contribution < 1.29 is 14.3 Å². The van der Waals surface area contributed by atoms with Gasteiger partial charge in [0.15, 0.2) is 11.5 Å². The summed E-state index contributed by atoms with van der Waals surface area (Å²) in [5.41, 5.74) is 1.50. The number of nitrogens with zero attached hydrogens (tertiary/aromatic N) is 1. The van der Waals surface area contributed by atoms with E-state index in [0.29, 0.717) is 17.9 Å². The lowest BCUT2D eigenvalue weighted by Gasteiger charge is -1.95. The zero-order valence-electron chi connectivity index (χ0n) is 9.59. The molecule has 0 saturated heterocycles. The number of hydrogen-bond acceptors (Lipinski definition) is 3. The molecule has 3 aromatic rings. The third-order valence-electron chi connectivity index (χ3n) is 2.88. The normalized spacial score (nSPS) is 11.1. The van der Waals surface area contributed by atoms with Gasteiger partial charge in [-0.3, -0.25) is 4.79 Å². The molecule has 1 N–H and O–H groups in total. The predicted molar refractivity (Wildman–Crippen MR) is 67.5 cm³/mol. The highest BCUT2D eigenvalue weighted by molar-refractivity contribution is 6.03. The van der Waals surface area contributed by atoms with Crippen LogP contribution in [-0.4, -0.2) is 16.1 Å². The van der Waals surface area contributed by atoms with Gasteiger partial charge in [0.2, 0.25) is 0 Å². The molecular formula is C14H11NO3. The summed E-state index contributed by atoms with van der Waals surface area (Å²) in [5.74, 6) is -0.370. The Bertz CT molecular complexity index is 730. The van der Waals surface area contributed by atoms with Crippen LogP contribution in [0, 0.1) is 0 Å². The number of carbonyl (C=O) groups is 1. The number of rotatable bonds is 3. The molecule has 4 heteroatoms. The van der Waals surface area contributed by atoms with E-state index in [-0.39, 0.29) is 6.42 Å². The summed E-state index contributed by atoms with van der Waals surface area (Å²) in [4.78, 5) is 14.9. The molecule has 0 bridgehead atoms. The molecule has 0 saturated carbocycles. The average molecular weight is 241 g/mol.